The lowest BCUT2D eigenvalue weighted by atomic mass is 10.4. The van der Waals surface area contributed by atoms with Crippen molar-refractivity contribution in [2.75, 3.05) is 11.9 Å². The van der Waals surface area contributed by atoms with Crippen molar-refractivity contribution < 1.29 is 0 Å². The summed E-state index contributed by atoms with van der Waals surface area (Å²) in [6, 6.07) is 1.85. The quantitative estimate of drug-likeness (QED) is 0.890. The maximum absolute atomic E-state index is 6.15. The van der Waals surface area contributed by atoms with Gasteiger partial charge in [-0.2, -0.15) is 0 Å². The second kappa shape index (κ2) is 3.63. The topological polar surface area (TPSA) is 42.7 Å². The van der Waals surface area contributed by atoms with E-state index < -0.39 is 0 Å². The van der Waals surface area contributed by atoms with Crippen molar-refractivity contribution >= 4 is 28.6 Å². The number of nitrogens with zero attached hydrogens (tertiary/aromatic N) is 3. The zero-order valence-corrected chi connectivity index (χ0v) is 9.83. The molecule has 1 saturated carbocycles. The molecule has 2 aromatic heterocycles. The van der Waals surface area contributed by atoms with E-state index in [1.165, 1.54) is 12.8 Å². The first-order valence-electron chi connectivity index (χ1n) is 5.45. The van der Waals surface area contributed by atoms with E-state index >= 15 is 0 Å². The molecule has 2 heterocycles. The van der Waals surface area contributed by atoms with Gasteiger partial charge in [-0.05, 0) is 18.8 Å². The summed E-state index contributed by atoms with van der Waals surface area (Å²) in [6.07, 6.45) is 4.39. The molecule has 1 aliphatic carbocycles. The zero-order chi connectivity index (χ0) is 11.1. The molecule has 0 aliphatic heterocycles. The largest absolute Gasteiger partial charge is 0.370 e. The molecule has 0 atom stereocenters. The summed E-state index contributed by atoms with van der Waals surface area (Å²) in [5.74, 6) is 1.66. The number of pyridine rings is 1. The van der Waals surface area contributed by atoms with Crippen LogP contribution in [0.5, 0.6) is 0 Å². The molecule has 0 amide bonds. The lowest BCUT2D eigenvalue weighted by Gasteiger charge is -2.05. The Kier molecular flexibility index (Phi) is 2.24. The highest BCUT2D eigenvalue weighted by molar-refractivity contribution is 6.35. The number of hydrogen-bond donors (Lipinski definition) is 1. The van der Waals surface area contributed by atoms with Gasteiger partial charge in [0.05, 0.1) is 11.3 Å². The molecule has 1 aliphatic rings. The smallest absolute Gasteiger partial charge is 0.163 e. The molecule has 4 nitrogen and oxygen atoms in total. The van der Waals surface area contributed by atoms with Crippen LogP contribution in [0, 0.1) is 5.92 Å². The second-order valence-electron chi connectivity index (χ2n) is 4.34. The summed E-state index contributed by atoms with van der Waals surface area (Å²) in [5.41, 5.74) is 1.59. The SMILES string of the molecule is Cn1cnc2c(Cl)cc(NCC3CC3)nc21. The Morgan fingerprint density at radius 2 is 2.38 bits per heavy atom. The Bertz CT molecular complexity index is 530. The molecule has 1 fully saturated rings. The molecule has 0 aromatic carbocycles. The van der Waals surface area contributed by atoms with E-state index in [1.54, 1.807) is 6.33 Å². The Morgan fingerprint density at radius 3 is 3.12 bits per heavy atom. The molecule has 84 valence electrons. The number of aryl methyl sites for hydroxylation is 1. The van der Waals surface area contributed by atoms with Crippen molar-refractivity contribution in [3.63, 3.8) is 0 Å². The molecule has 5 heteroatoms. The fourth-order valence-electron chi connectivity index (χ4n) is 1.72. The molecular weight excluding hydrogens is 224 g/mol. The number of halogens is 1. The van der Waals surface area contributed by atoms with Crippen molar-refractivity contribution in [2.45, 2.75) is 12.8 Å². The van der Waals surface area contributed by atoms with Gasteiger partial charge in [0.2, 0.25) is 0 Å². The van der Waals surface area contributed by atoms with E-state index in [-0.39, 0.29) is 0 Å². The van der Waals surface area contributed by atoms with Crippen LogP contribution in [0.15, 0.2) is 12.4 Å². The van der Waals surface area contributed by atoms with Crippen LogP contribution in [0.3, 0.4) is 0 Å². The van der Waals surface area contributed by atoms with Crippen LogP contribution in [0.2, 0.25) is 5.02 Å². The number of aromatic nitrogens is 3. The van der Waals surface area contributed by atoms with Crippen LogP contribution in [-0.2, 0) is 7.05 Å². The summed E-state index contributed by atoms with van der Waals surface area (Å²) in [5, 5.41) is 3.98. The highest BCUT2D eigenvalue weighted by Crippen LogP contribution is 2.29. The van der Waals surface area contributed by atoms with Crippen molar-refractivity contribution in [3.8, 4) is 0 Å². The molecule has 2 aromatic rings. The monoisotopic (exact) mass is 236 g/mol. The molecule has 0 saturated heterocycles. The summed E-state index contributed by atoms with van der Waals surface area (Å²) in [6.45, 7) is 0.993. The third kappa shape index (κ3) is 1.73. The van der Waals surface area contributed by atoms with Gasteiger partial charge in [0, 0.05) is 19.7 Å². The van der Waals surface area contributed by atoms with Crippen molar-refractivity contribution in [1.82, 2.24) is 14.5 Å². The van der Waals surface area contributed by atoms with Crippen LogP contribution in [0.25, 0.3) is 11.2 Å². The van der Waals surface area contributed by atoms with Crippen LogP contribution < -0.4 is 5.32 Å². The lowest BCUT2D eigenvalue weighted by molar-refractivity contribution is 0.880. The van der Waals surface area contributed by atoms with Crippen LogP contribution in [-0.4, -0.2) is 21.1 Å². The van der Waals surface area contributed by atoms with Gasteiger partial charge in [0.1, 0.15) is 11.3 Å². The van der Waals surface area contributed by atoms with Crippen LogP contribution >= 0.6 is 11.6 Å². The lowest BCUT2D eigenvalue weighted by Crippen LogP contribution is -2.05. The highest BCUT2D eigenvalue weighted by Gasteiger charge is 2.21. The van der Waals surface area contributed by atoms with Crippen LogP contribution in [0.1, 0.15) is 12.8 Å². The van der Waals surface area contributed by atoms with Gasteiger partial charge in [0.25, 0.3) is 0 Å². The number of imidazole rings is 1. The van der Waals surface area contributed by atoms with Gasteiger partial charge in [-0.25, -0.2) is 9.97 Å². The minimum Gasteiger partial charge on any atom is -0.370 e. The average Bonchev–Trinajstić information content (AvgIpc) is 3.01. The standard InChI is InChI=1S/C11H13ClN4/c1-16-6-14-10-8(12)4-9(15-11(10)16)13-5-7-2-3-7/h4,6-7H,2-3,5H2,1H3,(H,13,15). The zero-order valence-electron chi connectivity index (χ0n) is 9.07. The molecule has 16 heavy (non-hydrogen) atoms. The third-order valence-corrected chi connectivity index (χ3v) is 3.18. The molecule has 0 unspecified atom stereocenters. The highest BCUT2D eigenvalue weighted by atomic mass is 35.5. The van der Waals surface area contributed by atoms with Gasteiger partial charge in [-0.15, -0.1) is 0 Å². The number of anilines is 1. The summed E-state index contributed by atoms with van der Waals surface area (Å²) >= 11 is 6.15. The minimum absolute atomic E-state index is 0.656. The van der Waals surface area contributed by atoms with Gasteiger partial charge in [-0.3, -0.25) is 0 Å². The van der Waals surface area contributed by atoms with E-state index in [0.717, 1.165) is 29.4 Å². The first-order valence-corrected chi connectivity index (χ1v) is 5.83. The molecule has 0 bridgehead atoms. The summed E-state index contributed by atoms with van der Waals surface area (Å²) in [7, 11) is 1.92. The number of nitrogens with one attached hydrogen (secondary N) is 1. The fourth-order valence-corrected chi connectivity index (χ4v) is 1.96. The van der Waals surface area contributed by atoms with E-state index in [2.05, 4.69) is 15.3 Å². The maximum Gasteiger partial charge on any atom is 0.163 e. The molecule has 1 N–H and O–H groups in total. The van der Waals surface area contributed by atoms with Gasteiger partial charge in [0.15, 0.2) is 5.65 Å². The van der Waals surface area contributed by atoms with Gasteiger partial charge >= 0.3 is 0 Å². The molecule has 0 radical (unpaired) electrons. The van der Waals surface area contributed by atoms with Gasteiger partial charge in [-0.1, -0.05) is 11.6 Å². The van der Waals surface area contributed by atoms with Crippen LogP contribution in [0.4, 0.5) is 5.82 Å². The van der Waals surface area contributed by atoms with E-state index in [4.69, 9.17) is 11.6 Å². The van der Waals surface area contributed by atoms with E-state index in [0.29, 0.717) is 5.02 Å². The summed E-state index contributed by atoms with van der Waals surface area (Å²) in [4.78, 5) is 8.71. The molecule has 3 rings (SSSR count). The van der Waals surface area contributed by atoms with Crippen molar-refractivity contribution in [2.24, 2.45) is 13.0 Å². The minimum atomic E-state index is 0.656. The van der Waals surface area contributed by atoms with Gasteiger partial charge < -0.3 is 9.88 Å². The van der Waals surface area contributed by atoms with E-state index in [1.807, 2.05) is 17.7 Å². The summed E-state index contributed by atoms with van der Waals surface area (Å²) < 4.78 is 1.88. The Hall–Kier alpha value is -1.29. The number of rotatable bonds is 3. The fraction of sp³-hybridized carbons (Fsp3) is 0.455. The van der Waals surface area contributed by atoms with Crippen molar-refractivity contribution in [3.05, 3.63) is 17.4 Å². The Labute approximate surface area is 98.6 Å². The first kappa shape index (κ1) is 9.90. The second-order valence-corrected chi connectivity index (χ2v) is 4.75. The number of fused-ring (bicyclic) bond motifs is 1. The maximum atomic E-state index is 6.15. The van der Waals surface area contributed by atoms with Crippen molar-refractivity contribution in [1.29, 1.82) is 0 Å². The first-order chi connectivity index (χ1) is 7.74. The average molecular weight is 237 g/mol. The molecule has 0 spiro atoms. The predicted molar refractivity (Wildman–Crippen MR) is 64.7 cm³/mol. The predicted octanol–water partition coefficient (Wildman–Crippen LogP) is 2.44. The normalized spacial score (nSPS) is 15.6. The molecular formula is C11H13ClN4. The Balaban J connectivity index is 1.94. The number of hydrogen-bond acceptors (Lipinski definition) is 3. The third-order valence-electron chi connectivity index (χ3n) is 2.89. The van der Waals surface area contributed by atoms with E-state index in [9.17, 15) is 0 Å². The Morgan fingerprint density at radius 1 is 1.56 bits per heavy atom.